The van der Waals surface area contributed by atoms with Crippen LogP contribution in [0.25, 0.3) is 0 Å². The van der Waals surface area contributed by atoms with E-state index in [-0.39, 0.29) is 6.10 Å². The van der Waals surface area contributed by atoms with Gasteiger partial charge in [-0.05, 0) is 49.7 Å². The number of carboxylic acid groups (broad SMARTS) is 1. The molecular formula is C17H24O4. The summed E-state index contributed by atoms with van der Waals surface area (Å²) < 4.78 is 4.79. The normalized spacial score (nSPS) is 25.5. The van der Waals surface area contributed by atoms with Crippen molar-refractivity contribution in [3.63, 3.8) is 0 Å². The number of carbonyl (C=O) groups is 1. The number of aliphatic hydroxyl groups is 1. The SMILES string of the molecule is CCCCc1ccc(C2(O)CCC(OC(=O)O)CC2)cc1. The molecule has 0 saturated heterocycles. The Morgan fingerprint density at radius 1 is 1.29 bits per heavy atom. The molecule has 0 heterocycles. The molecule has 0 spiro atoms. The number of ether oxygens (including phenoxy) is 1. The van der Waals surface area contributed by atoms with E-state index in [1.54, 1.807) is 0 Å². The molecule has 0 aromatic heterocycles. The van der Waals surface area contributed by atoms with Crippen LogP contribution in [0.15, 0.2) is 24.3 Å². The summed E-state index contributed by atoms with van der Waals surface area (Å²) >= 11 is 0. The van der Waals surface area contributed by atoms with Gasteiger partial charge in [0.15, 0.2) is 0 Å². The van der Waals surface area contributed by atoms with Crippen LogP contribution in [0, 0.1) is 0 Å². The molecule has 0 aliphatic heterocycles. The summed E-state index contributed by atoms with van der Waals surface area (Å²) in [4.78, 5) is 10.5. The first-order chi connectivity index (χ1) is 10.0. The highest BCUT2D eigenvalue weighted by Crippen LogP contribution is 2.38. The van der Waals surface area contributed by atoms with Gasteiger partial charge in [-0.1, -0.05) is 37.6 Å². The third kappa shape index (κ3) is 4.21. The Morgan fingerprint density at radius 2 is 1.90 bits per heavy atom. The molecule has 1 fully saturated rings. The zero-order valence-electron chi connectivity index (χ0n) is 12.5. The molecule has 0 amide bonds. The molecule has 116 valence electrons. The maximum Gasteiger partial charge on any atom is 0.506 e. The summed E-state index contributed by atoms with van der Waals surface area (Å²) in [5, 5.41) is 19.4. The van der Waals surface area contributed by atoms with Crippen molar-refractivity contribution in [3.05, 3.63) is 35.4 Å². The highest BCUT2D eigenvalue weighted by molar-refractivity contribution is 5.57. The van der Waals surface area contributed by atoms with Crippen LogP contribution in [0.3, 0.4) is 0 Å². The lowest BCUT2D eigenvalue weighted by atomic mass is 9.78. The van der Waals surface area contributed by atoms with Crippen molar-refractivity contribution < 1.29 is 19.7 Å². The number of unbranched alkanes of at least 4 members (excludes halogenated alkanes) is 1. The number of rotatable bonds is 5. The summed E-state index contributed by atoms with van der Waals surface area (Å²) in [6.07, 6.45) is 4.13. The monoisotopic (exact) mass is 292 g/mol. The van der Waals surface area contributed by atoms with Crippen molar-refractivity contribution in [3.8, 4) is 0 Å². The van der Waals surface area contributed by atoms with Crippen LogP contribution in [-0.2, 0) is 16.8 Å². The third-order valence-electron chi connectivity index (χ3n) is 4.34. The summed E-state index contributed by atoms with van der Waals surface area (Å²) in [7, 11) is 0. The van der Waals surface area contributed by atoms with Crippen LogP contribution in [0.4, 0.5) is 4.79 Å². The molecule has 2 N–H and O–H groups in total. The second-order valence-electron chi connectivity index (χ2n) is 5.92. The van der Waals surface area contributed by atoms with E-state index in [0.29, 0.717) is 25.7 Å². The summed E-state index contributed by atoms with van der Waals surface area (Å²) in [6, 6.07) is 8.18. The first-order valence-corrected chi connectivity index (χ1v) is 7.75. The van der Waals surface area contributed by atoms with Gasteiger partial charge in [0.2, 0.25) is 0 Å². The van der Waals surface area contributed by atoms with Crippen LogP contribution >= 0.6 is 0 Å². The highest BCUT2D eigenvalue weighted by atomic mass is 16.7. The van der Waals surface area contributed by atoms with Gasteiger partial charge < -0.3 is 14.9 Å². The molecule has 0 atom stereocenters. The lowest BCUT2D eigenvalue weighted by molar-refractivity contribution is -0.0481. The van der Waals surface area contributed by atoms with Crippen molar-refractivity contribution >= 4 is 6.16 Å². The molecule has 0 radical (unpaired) electrons. The lowest BCUT2D eigenvalue weighted by Crippen LogP contribution is -2.35. The number of hydrogen-bond acceptors (Lipinski definition) is 3. The molecule has 1 aliphatic rings. The van der Waals surface area contributed by atoms with E-state index in [0.717, 1.165) is 12.0 Å². The molecule has 0 unspecified atom stereocenters. The second-order valence-corrected chi connectivity index (χ2v) is 5.92. The Hall–Kier alpha value is -1.55. The van der Waals surface area contributed by atoms with Gasteiger partial charge in [-0.3, -0.25) is 0 Å². The standard InChI is InChI=1S/C17H24O4/c1-2-3-4-13-5-7-14(8-6-13)17(20)11-9-15(10-12-17)21-16(18)19/h5-8,15,20H,2-4,9-12H2,1H3,(H,18,19). The van der Waals surface area contributed by atoms with Crippen LogP contribution in [0.1, 0.15) is 56.6 Å². The molecule has 4 heteroatoms. The molecule has 4 nitrogen and oxygen atoms in total. The summed E-state index contributed by atoms with van der Waals surface area (Å²) in [5.74, 6) is 0. The van der Waals surface area contributed by atoms with E-state index >= 15 is 0 Å². The Labute approximate surface area is 125 Å². The smallest absolute Gasteiger partial charge is 0.450 e. The Kier molecular flexibility index (Phi) is 5.23. The fourth-order valence-electron chi connectivity index (χ4n) is 2.98. The fourth-order valence-corrected chi connectivity index (χ4v) is 2.98. The maximum absolute atomic E-state index is 10.8. The average Bonchev–Trinajstić information content (AvgIpc) is 2.48. The van der Waals surface area contributed by atoms with Gasteiger partial charge in [0.25, 0.3) is 0 Å². The Balaban J connectivity index is 1.96. The molecule has 1 aromatic rings. The first kappa shape index (κ1) is 15.8. The quantitative estimate of drug-likeness (QED) is 0.809. The van der Waals surface area contributed by atoms with Crippen molar-refractivity contribution in [1.82, 2.24) is 0 Å². The fraction of sp³-hybridized carbons (Fsp3) is 0.588. The molecule has 21 heavy (non-hydrogen) atoms. The first-order valence-electron chi connectivity index (χ1n) is 7.75. The third-order valence-corrected chi connectivity index (χ3v) is 4.34. The average molecular weight is 292 g/mol. The van der Waals surface area contributed by atoms with Crippen molar-refractivity contribution in [2.24, 2.45) is 0 Å². The molecule has 2 rings (SSSR count). The Bertz CT molecular complexity index is 458. The van der Waals surface area contributed by atoms with Gasteiger partial charge in [-0.15, -0.1) is 0 Å². The van der Waals surface area contributed by atoms with Gasteiger partial charge >= 0.3 is 6.16 Å². The van der Waals surface area contributed by atoms with E-state index in [9.17, 15) is 9.90 Å². The largest absolute Gasteiger partial charge is 0.506 e. The van der Waals surface area contributed by atoms with Crippen molar-refractivity contribution in [2.45, 2.75) is 63.6 Å². The van der Waals surface area contributed by atoms with Crippen LogP contribution < -0.4 is 0 Å². The van der Waals surface area contributed by atoms with Gasteiger partial charge in [-0.2, -0.15) is 0 Å². The van der Waals surface area contributed by atoms with Gasteiger partial charge in [0, 0.05) is 0 Å². The van der Waals surface area contributed by atoms with Gasteiger partial charge in [0.05, 0.1) is 5.60 Å². The zero-order valence-corrected chi connectivity index (χ0v) is 12.5. The van der Waals surface area contributed by atoms with Crippen LogP contribution in [-0.4, -0.2) is 22.5 Å². The zero-order chi connectivity index (χ0) is 15.3. The maximum atomic E-state index is 10.8. The minimum Gasteiger partial charge on any atom is -0.450 e. The van der Waals surface area contributed by atoms with E-state index in [1.165, 1.54) is 18.4 Å². The molecule has 1 saturated carbocycles. The predicted octanol–water partition coefficient (Wildman–Crippen LogP) is 3.85. The van der Waals surface area contributed by atoms with Crippen molar-refractivity contribution in [2.75, 3.05) is 0 Å². The summed E-state index contributed by atoms with van der Waals surface area (Å²) in [6.45, 7) is 2.18. The van der Waals surface area contributed by atoms with Gasteiger partial charge in [-0.25, -0.2) is 4.79 Å². The van der Waals surface area contributed by atoms with Crippen LogP contribution in [0.5, 0.6) is 0 Å². The van der Waals surface area contributed by atoms with E-state index < -0.39 is 11.8 Å². The number of aryl methyl sites for hydroxylation is 1. The highest BCUT2D eigenvalue weighted by Gasteiger charge is 2.36. The topological polar surface area (TPSA) is 66.8 Å². The molecule has 1 aromatic carbocycles. The molecular weight excluding hydrogens is 268 g/mol. The minimum atomic E-state index is -1.23. The number of benzene rings is 1. The van der Waals surface area contributed by atoms with E-state index in [4.69, 9.17) is 9.84 Å². The number of hydrogen-bond donors (Lipinski definition) is 2. The molecule has 1 aliphatic carbocycles. The van der Waals surface area contributed by atoms with E-state index in [2.05, 4.69) is 19.1 Å². The van der Waals surface area contributed by atoms with Crippen molar-refractivity contribution in [1.29, 1.82) is 0 Å². The minimum absolute atomic E-state index is 0.286. The Morgan fingerprint density at radius 3 is 2.43 bits per heavy atom. The summed E-state index contributed by atoms with van der Waals surface area (Å²) in [5.41, 5.74) is 1.38. The van der Waals surface area contributed by atoms with E-state index in [1.807, 2.05) is 12.1 Å². The second kappa shape index (κ2) is 6.94. The predicted molar refractivity (Wildman–Crippen MR) is 80.3 cm³/mol. The van der Waals surface area contributed by atoms with Gasteiger partial charge in [0.1, 0.15) is 6.10 Å². The van der Waals surface area contributed by atoms with Crippen LogP contribution in [0.2, 0.25) is 0 Å². The lowest BCUT2D eigenvalue weighted by Gasteiger charge is -2.35. The molecule has 0 bridgehead atoms.